The Morgan fingerprint density at radius 3 is 2.55 bits per heavy atom. The van der Waals surface area contributed by atoms with Crippen LogP contribution in [0, 0.1) is 0 Å². The van der Waals surface area contributed by atoms with Gasteiger partial charge < -0.3 is 19.3 Å². The van der Waals surface area contributed by atoms with E-state index in [9.17, 15) is 14.4 Å². The van der Waals surface area contributed by atoms with Gasteiger partial charge >= 0.3 is 7.60 Å². The van der Waals surface area contributed by atoms with Crippen molar-refractivity contribution in [3.63, 3.8) is 0 Å². The van der Waals surface area contributed by atoms with Crippen LogP contribution in [-0.2, 0) is 21.1 Å². The van der Waals surface area contributed by atoms with Crippen molar-refractivity contribution in [1.82, 2.24) is 0 Å². The summed E-state index contributed by atoms with van der Waals surface area (Å²) in [6.07, 6.45) is 0.593. The maximum absolute atomic E-state index is 12.1. The first-order valence-electron chi connectivity index (χ1n) is 6.44. The largest absolute Gasteiger partial charge is 0.467 e. The van der Waals surface area contributed by atoms with E-state index in [-0.39, 0.29) is 6.79 Å². The van der Waals surface area contributed by atoms with E-state index in [1.165, 1.54) is 0 Å². The minimum Gasteiger partial charge on any atom is -0.467 e. The number of ether oxygens (including phenoxy) is 2. The Balaban J connectivity index is 2.72. The first-order chi connectivity index (χ1) is 9.35. The molecule has 20 heavy (non-hydrogen) atoms. The van der Waals surface area contributed by atoms with Crippen molar-refractivity contribution in [3.8, 4) is 5.75 Å². The van der Waals surface area contributed by atoms with Crippen LogP contribution in [0.3, 0.4) is 0 Å². The fourth-order valence-corrected chi connectivity index (χ4v) is 4.27. The molecule has 0 saturated carbocycles. The highest BCUT2D eigenvalue weighted by Gasteiger charge is 2.48. The Hall–Kier alpha value is -0.580. The lowest BCUT2D eigenvalue weighted by atomic mass is 9.90. The molecule has 1 heterocycles. The van der Waals surface area contributed by atoms with E-state index in [1.807, 2.05) is 0 Å². The Labute approximate surface area is 123 Å². The van der Waals surface area contributed by atoms with Gasteiger partial charge in [-0.05, 0) is 25.0 Å². The molecule has 0 aromatic heterocycles. The molecule has 1 aromatic carbocycles. The van der Waals surface area contributed by atoms with Gasteiger partial charge in [-0.3, -0.25) is 4.57 Å². The topological polar surface area (TPSA) is 76.0 Å². The van der Waals surface area contributed by atoms with Gasteiger partial charge in [0.1, 0.15) is 10.9 Å². The lowest BCUT2D eigenvalue weighted by Gasteiger charge is -2.35. The Bertz CT molecular complexity index is 550. The van der Waals surface area contributed by atoms with Crippen molar-refractivity contribution >= 4 is 19.2 Å². The summed E-state index contributed by atoms with van der Waals surface area (Å²) in [5, 5.41) is -0.855. The molecule has 7 heteroatoms. The molecule has 1 aliphatic rings. The number of hydrogen-bond donors (Lipinski definition) is 2. The van der Waals surface area contributed by atoms with Gasteiger partial charge in [0.05, 0.1) is 6.61 Å². The zero-order valence-corrected chi connectivity index (χ0v) is 13.1. The molecule has 1 aliphatic heterocycles. The predicted molar refractivity (Wildman–Crippen MR) is 76.0 cm³/mol. The average Bonchev–Trinajstić information content (AvgIpc) is 2.38. The fraction of sp³-hybridized carbons (Fsp3) is 0.538. The van der Waals surface area contributed by atoms with Crippen molar-refractivity contribution in [2.45, 2.75) is 38.5 Å². The maximum Gasteiger partial charge on any atom is 0.336 e. The smallest absolute Gasteiger partial charge is 0.336 e. The van der Waals surface area contributed by atoms with Gasteiger partial charge in [0.2, 0.25) is 0 Å². The van der Waals surface area contributed by atoms with Crippen LogP contribution >= 0.6 is 19.2 Å². The molecule has 0 bridgehead atoms. The third-order valence-corrected chi connectivity index (χ3v) is 6.11. The molecule has 0 radical (unpaired) electrons. The second-order valence-corrected chi connectivity index (χ2v) is 7.22. The Morgan fingerprint density at radius 2 is 2.00 bits per heavy atom. The van der Waals surface area contributed by atoms with E-state index in [0.29, 0.717) is 35.8 Å². The summed E-state index contributed by atoms with van der Waals surface area (Å²) in [4.78, 5) is 19.7. The van der Waals surface area contributed by atoms with Gasteiger partial charge in [-0.15, -0.1) is 0 Å². The number of benzene rings is 1. The molecule has 0 aliphatic carbocycles. The third kappa shape index (κ3) is 2.49. The molecule has 0 saturated heterocycles. The van der Waals surface area contributed by atoms with Crippen LogP contribution in [0.15, 0.2) is 12.1 Å². The SMILES string of the molecule is CCC(CC)(c1cc(Cl)cc2c1OCOC2)P(=O)(O)O. The lowest BCUT2D eigenvalue weighted by molar-refractivity contribution is -0.0176. The highest BCUT2D eigenvalue weighted by atomic mass is 35.5. The van der Waals surface area contributed by atoms with Crippen molar-refractivity contribution in [3.05, 3.63) is 28.3 Å². The van der Waals surface area contributed by atoms with E-state index in [1.54, 1.807) is 26.0 Å². The van der Waals surface area contributed by atoms with Crippen LogP contribution in [0.1, 0.15) is 37.8 Å². The summed E-state index contributed by atoms with van der Waals surface area (Å²) in [6.45, 7) is 3.92. The molecule has 2 rings (SSSR count). The zero-order valence-electron chi connectivity index (χ0n) is 11.4. The van der Waals surface area contributed by atoms with E-state index in [2.05, 4.69) is 0 Å². The van der Waals surface area contributed by atoms with Crippen LogP contribution in [-0.4, -0.2) is 16.6 Å². The van der Waals surface area contributed by atoms with Crippen LogP contribution < -0.4 is 4.74 Å². The van der Waals surface area contributed by atoms with Gasteiger partial charge in [0, 0.05) is 16.1 Å². The molecule has 2 N–H and O–H groups in total. The molecule has 0 fully saturated rings. The van der Waals surface area contributed by atoms with Gasteiger partial charge in [-0.25, -0.2) is 0 Å². The molecular weight excluding hydrogens is 303 g/mol. The van der Waals surface area contributed by atoms with E-state index in [4.69, 9.17) is 21.1 Å². The monoisotopic (exact) mass is 320 g/mol. The summed E-state index contributed by atoms with van der Waals surface area (Å²) < 4.78 is 22.8. The summed E-state index contributed by atoms with van der Waals surface area (Å²) in [5.41, 5.74) is 1.19. The highest BCUT2D eigenvalue weighted by Crippen LogP contribution is 2.63. The Morgan fingerprint density at radius 1 is 1.35 bits per heavy atom. The number of hydrogen-bond acceptors (Lipinski definition) is 3. The summed E-state index contributed by atoms with van der Waals surface area (Å²) in [7, 11) is -4.37. The minimum atomic E-state index is -4.37. The first-order valence-corrected chi connectivity index (χ1v) is 8.44. The molecule has 0 atom stereocenters. The molecule has 112 valence electrons. The fourth-order valence-electron chi connectivity index (χ4n) is 2.73. The second-order valence-electron chi connectivity index (χ2n) is 4.83. The highest BCUT2D eigenvalue weighted by molar-refractivity contribution is 7.53. The quantitative estimate of drug-likeness (QED) is 0.832. The molecule has 0 unspecified atom stereocenters. The standard InChI is InChI=1S/C13H18ClO5P/c1-3-13(4-2,20(15,16)17)11-6-10(14)5-9-7-18-8-19-12(9)11/h5-6H,3-4,7-8H2,1-2H3,(H2,15,16,17). The Kier molecular flexibility index (Phi) is 4.47. The van der Waals surface area contributed by atoms with Crippen LogP contribution in [0.5, 0.6) is 5.75 Å². The predicted octanol–water partition coefficient (Wildman–Crippen LogP) is 3.40. The van der Waals surface area contributed by atoms with Gasteiger partial charge in [0.25, 0.3) is 0 Å². The summed E-state index contributed by atoms with van der Waals surface area (Å²) >= 11 is 6.09. The summed E-state index contributed by atoms with van der Waals surface area (Å²) in [5.74, 6) is 0.493. The molecule has 1 aromatic rings. The van der Waals surface area contributed by atoms with Crippen LogP contribution in [0.25, 0.3) is 0 Å². The van der Waals surface area contributed by atoms with Crippen molar-refractivity contribution in [1.29, 1.82) is 0 Å². The molecule has 0 amide bonds. The lowest BCUT2D eigenvalue weighted by Crippen LogP contribution is -2.27. The van der Waals surface area contributed by atoms with Crippen molar-refractivity contribution in [2.24, 2.45) is 0 Å². The van der Waals surface area contributed by atoms with Gasteiger partial charge in [-0.1, -0.05) is 25.4 Å². The van der Waals surface area contributed by atoms with Crippen LogP contribution in [0.2, 0.25) is 5.02 Å². The third-order valence-electron chi connectivity index (χ3n) is 3.90. The van der Waals surface area contributed by atoms with E-state index in [0.717, 1.165) is 5.56 Å². The van der Waals surface area contributed by atoms with Gasteiger partial charge in [0.15, 0.2) is 6.79 Å². The second kappa shape index (κ2) is 5.66. The van der Waals surface area contributed by atoms with Crippen LogP contribution in [0.4, 0.5) is 0 Å². The molecular formula is C13H18ClO5P. The minimum absolute atomic E-state index is 0.0757. The number of rotatable bonds is 4. The first kappa shape index (κ1) is 15.8. The number of fused-ring (bicyclic) bond motifs is 1. The number of halogens is 1. The average molecular weight is 321 g/mol. The van der Waals surface area contributed by atoms with Gasteiger partial charge in [-0.2, -0.15) is 0 Å². The van der Waals surface area contributed by atoms with E-state index >= 15 is 0 Å². The van der Waals surface area contributed by atoms with Crippen molar-refractivity contribution < 1.29 is 23.8 Å². The summed E-state index contributed by atoms with van der Waals surface area (Å²) in [6, 6.07) is 3.30. The zero-order chi connectivity index (χ0) is 15.0. The van der Waals surface area contributed by atoms with E-state index < -0.39 is 12.8 Å². The normalized spacial score (nSPS) is 15.7. The molecule has 5 nitrogen and oxygen atoms in total. The maximum atomic E-state index is 12.1. The molecule has 0 spiro atoms. The van der Waals surface area contributed by atoms with Crippen molar-refractivity contribution in [2.75, 3.05) is 6.79 Å².